The quantitative estimate of drug-likeness (QED) is 0.475. The topological polar surface area (TPSA) is 75.2 Å². The van der Waals surface area contributed by atoms with E-state index in [0.29, 0.717) is 24.3 Å². The van der Waals surface area contributed by atoms with Crippen molar-refractivity contribution in [3.05, 3.63) is 52.1 Å². The number of amides is 1. The summed E-state index contributed by atoms with van der Waals surface area (Å²) in [6.45, 7) is 3.10. The highest BCUT2D eigenvalue weighted by Gasteiger charge is 2.26. The lowest BCUT2D eigenvalue weighted by molar-refractivity contribution is -0.121. The van der Waals surface area contributed by atoms with Crippen molar-refractivity contribution in [3.8, 4) is 16.5 Å². The van der Waals surface area contributed by atoms with Gasteiger partial charge < -0.3 is 10.1 Å². The van der Waals surface area contributed by atoms with Gasteiger partial charge in [0.25, 0.3) is 0 Å². The van der Waals surface area contributed by atoms with Crippen LogP contribution in [0.2, 0.25) is 0 Å². The SMILES string of the molecule is COc1ccccc1C(CNC(=O)CCn1c(-c2cccs2)n[nH]c1=S)N1CCCC1. The second-order valence-electron chi connectivity index (χ2n) is 7.54. The summed E-state index contributed by atoms with van der Waals surface area (Å²) in [5.74, 6) is 1.63. The van der Waals surface area contributed by atoms with Crippen molar-refractivity contribution in [3.63, 3.8) is 0 Å². The molecule has 1 unspecified atom stereocenters. The summed E-state index contributed by atoms with van der Waals surface area (Å²) in [7, 11) is 1.69. The predicted molar refractivity (Wildman–Crippen MR) is 125 cm³/mol. The Bertz CT molecular complexity index is 1050. The maximum absolute atomic E-state index is 12.7. The van der Waals surface area contributed by atoms with E-state index < -0.39 is 0 Å². The summed E-state index contributed by atoms with van der Waals surface area (Å²) in [6.07, 6.45) is 2.71. The fourth-order valence-electron chi connectivity index (χ4n) is 4.06. The number of hydrogen-bond donors (Lipinski definition) is 2. The fraction of sp³-hybridized carbons (Fsp3) is 0.409. The van der Waals surface area contributed by atoms with Crippen molar-refractivity contribution in [2.75, 3.05) is 26.7 Å². The predicted octanol–water partition coefficient (Wildman–Crippen LogP) is 4.02. The highest BCUT2D eigenvalue weighted by molar-refractivity contribution is 7.71. The molecule has 0 bridgehead atoms. The summed E-state index contributed by atoms with van der Waals surface area (Å²) < 4.78 is 8.00. The van der Waals surface area contributed by atoms with Crippen LogP contribution in [0.1, 0.15) is 30.9 Å². The van der Waals surface area contributed by atoms with E-state index in [-0.39, 0.29) is 11.9 Å². The van der Waals surface area contributed by atoms with E-state index in [0.717, 1.165) is 35.1 Å². The zero-order valence-electron chi connectivity index (χ0n) is 17.5. The van der Waals surface area contributed by atoms with Gasteiger partial charge in [0, 0.05) is 25.1 Å². The number of carbonyl (C=O) groups is 1. The van der Waals surface area contributed by atoms with Crippen LogP contribution in [0.5, 0.6) is 5.75 Å². The van der Waals surface area contributed by atoms with E-state index in [4.69, 9.17) is 17.0 Å². The summed E-state index contributed by atoms with van der Waals surface area (Å²) in [5.41, 5.74) is 1.12. The second-order valence-corrected chi connectivity index (χ2v) is 8.87. The number of rotatable bonds is 9. The Kier molecular flexibility index (Phi) is 7.16. The van der Waals surface area contributed by atoms with Gasteiger partial charge in [0.1, 0.15) is 5.75 Å². The van der Waals surface area contributed by atoms with Gasteiger partial charge in [0.05, 0.1) is 18.0 Å². The molecule has 1 aromatic carbocycles. The lowest BCUT2D eigenvalue weighted by Gasteiger charge is -2.29. The van der Waals surface area contributed by atoms with Crippen LogP contribution in [-0.2, 0) is 11.3 Å². The molecule has 2 N–H and O–H groups in total. The van der Waals surface area contributed by atoms with E-state index in [2.05, 4.69) is 26.5 Å². The lowest BCUT2D eigenvalue weighted by atomic mass is 10.0. The first-order valence-electron chi connectivity index (χ1n) is 10.5. The molecule has 3 heterocycles. The minimum atomic E-state index is -0.000625. The van der Waals surface area contributed by atoms with Gasteiger partial charge in [-0.05, 0) is 55.7 Å². The highest BCUT2D eigenvalue weighted by Crippen LogP contribution is 2.31. The number of para-hydroxylation sites is 1. The number of aromatic amines is 1. The molecule has 0 saturated carbocycles. The number of methoxy groups -OCH3 is 1. The van der Waals surface area contributed by atoms with Crippen LogP contribution in [0.15, 0.2) is 41.8 Å². The van der Waals surface area contributed by atoms with Crippen LogP contribution < -0.4 is 10.1 Å². The number of likely N-dealkylation sites (tertiary alicyclic amines) is 1. The Morgan fingerprint density at radius 2 is 2.10 bits per heavy atom. The largest absolute Gasteiger partial charge is 0.496 e. The Balaban J connectivity index is 1.41. The van der Waals surface area contributed by atoms with Gasteiger partial charge in [0.2, 0.25) is 5.91 Å². The molecule has 1 atom stereocenters. The number of H-pyrrole nitrogens is 1. The zero-order valence-corrected chi connectivity index (χ0v) is 19.2. The highest BCUT2D eigenvalue weighted by atomic mass is 32.1. The molecule has 9 heteroatoms. The summed E-state index contributed by atoms with van der Waals surface area (Å²) in [4.78, 5) is 16.2. The molecular weight excluding hydrogens is 430 g/mol. The molecule has 7 nitrogen and oxygen atoms in total. The first-order chi connectivity index (χ1) is 15.2. The summed E-state index contributed by atoms with van der Waals surface area (Å²) in [6, 6.07) is 12.1. The van der Waals surface area contributed by atoms with E-state index in [1.807, 2.05) is 40.3 Å². The van der Waals surface area contributed by atoms with Crippen molar-refractivity contribution in [2.24, 2.45) is 0 Å². The van der Waals surface area contributed by atoms with E-state index in [1.54, 1.807) is 18.4 Å². The molecule has 1 aliphatic rings. The number of benzene rings is 1. The Morgan fingerprint density at radius 3 is 2.84 bits per heavy atom. The first kappa shape index (κ1) is 21.7. The van der Waals surface area contributed by atoms with Gasteiger partial charge in [0.15, 0.2) is 10.6 Å². The monoisotopic (exact) mass is 457 g/mol. The minimum Gasteiger partial charge on any atom is -0.496 e. The Morgan fingerprint density at radius 1 is 1.29 bits per heavy atom. The van der Waals surface area contributed by atoms with Crippen LogP contribution in [0.25, 0.3) is 10.7 Å². The third-order valence-electron chi connectivity index (χ3n) is 5.63. The van der Waals surface area contributed by atoms with Gasteiger partial charge >= 0.3 is 0 Å². The fourth-order valence-corrected chi connectivity index (χ4v) is 5.01. The Hall–Kier alpha value is -2.49. The molecule has 1 aliphatic heterocycles. The number of nitrogens with one attached hydrogen (secondary N) is 2. The third-order valence-corrected chi connectivity index (χ3v) is 6.81. The number of aromatic nitrogens is 3. The minimum absolute atomic E-state index is 0.000625. The summed E-state index contributed by atoms with van der Waals surface area (Å²) in [5, 5.41) is 12.3. The number of nitrogens with zero attached hydrogens (tertiary/aromatic N) is 3. The second kappa shape index (κ2) is 10.2. The molecule has 3 aromatic rings. The maximum Gasteiger partial charge on any atom is 0.221 e. The van der Waals surface area contributed by atoms with E-state index in [1.165, 1.54) is 12.8 Å². The number of ether oxygens (including phenoxy) is 1. The van der Waals surface area contributed by atoms with E-state index >= 15 is 0 Å². The third kappa shape index (κ3) is 5.06. The molecule has 0 radical (unpaired) electrons. The number of hydrogen-bond acceptors (Lipinski definition) is 6. The normalized spacial score (nSPS) is 15.1. The van der Waals surface area contributed by atoms with Crippen molar-refractivity contribution >= 4 is 29.5 Å². The Labute approximate surface area is 191 Å². The average Bonchev–Trinajstić information content (AvgIpc) is 3.55. The molecule has 1 amide bonds. The molecule has 0 spiro atoms. The van der Waals surface area contributed by atoms with Crippen molar-refractivity contribution < 1.29 is 9.53 Å². The molecule has 2 aromatic heterocycles. The van der Waals surface area contributed by atoms with Gasteiger partial charge in [-0.25, -0.2) is 0 Å². The van der Waals surface area contributed by atoms with Crippen LogP contribution in [0.4, 0.5) is 0 Å². The average molecular weight is 458 g/mol. The van der Waals surface area contributed by atoms with Crippen molar-refractivity contribution in [1.29, 1.82) is 0 Å². The molecule has 0 aliphatic carbocycles. The van der Waals surface area contributed by atoms with Gasteiger partial charge in [-0.2, -0.15) is 5.10 Å². The maximum atomic E-state index is 12.7. The molecular formula is C22H27N5O2S2. The first-order valence-corrected chi connectivity index (χ1v) is 11.8. The van der Waals surface area contributed by atoms with Crippen LogP contribution in [-0.4, -0.2) is 52.3 Å². The van der Waals surface area contributed by atoms with Crippen molar-refractivity contribution in [2.45, 2.75) is 31.8 Å². The van der Waals surface area contributed by atoms with Gasteiger partial charge in [-0.1, -0.05) is 24.3 Å². The molecule has 1 fully saturated rings. The molecule has 1 saturated heterocycles. The number of thiophene rings is 1. The molecule has 4 rings (SSSR count). The smallest absolute Gasteiger partial charge is 0.221 e. The lowest BCUT2D eigenvalue weighted by Crippen LogP contribution is -2.37. The van der Waals surface area contributed by atoms with Crippen LogP contribution in [0, 0.1) is 4.77 Å². The van der Waals surface area contributed by atoms with Crippen molar-refractivity contribution in [1.82, 2.24) is 25.0 Å². The number of carbonyl (C=O) groups excluding carboxylic acids is 1. The van der Waals surface area contributed by atoms with Gasteiger partial charge in [-0.15, -0.1) is 11.3 Å². The zero-order chi connectivity index (χ0) is 21.6. The molecule has 31 heavy (non-hydrogen) atoms. The van der Waals surface area contributed by atoms with Gasteiger partial charge in [-0.3, -0.25) is 19.4 Å². The van der Waals surface area contributed by atoms with Crippen LogP contribution in [0.3, 0.4) is 0 Å². The molecule has 164 valence electrons. The van der Waals surface area contributed by atoms with E-state index in [9.17, 15) is 4.79 Å². The standard InChI is InChI=1S/C22H27N5O2S2/c1-29-18-8-3-2-7-16(18)17(26-11-4-5-12-26)15-23-20(28)10-13-27-21(24-25-22(27)30)19-9-6-14-31-19/h2-3,6-9,14,17H,4-5,10-13,15H2,1H3,(H,23,28)(H,25,30). The van der Waals surface area contributed by atoms with Crippen LogP contribution >= 0.6 is 23.6 Å². The summed E-state index contributed by atoms with van der Waals surface area (Å²) >= 11 is 6.97.